The SMILES string of the molecule is O=C(c1nccc2ccccc12)N1CCC2(CC1)CNCc1ccccc12. The lowest BCUT2D eigenvalue weighted by molar-refractivity contribution is 0.0655. The van der Waals surface area contributed by atoms with Crippen LogP contribution in [0.5, 0.6) is 0 Å². The summed E-state index contributed by atoms with van der Waals surface area (Å²) in [6, 6.07) is 18.7. The van der Waals surface area contributed by atoms with Gasteiger partial charge in [0.05, 0.1) is 0 Å². The molecule has 0 unspecified atom stereocenters. The highest BCUT2D eigenvalue weighted by atomic mass is 16.2. The zero-order chi connectivity index (χ0) is 18.3. The number of piperidine rings is 1. The maximum absolute atomic E-state index is 13.2. The van der Waals surface area contributed by atoms with Crippen LogP contribution in [-0.2, 0) is 12.0 Å². The number of nitrogens with zero attached hydrogens (tertiary/aromatic N) is 2. The quantitative estimate of drug-likeness (QED) is 0.725. The highest BCUT2D eigenvalue weighted by molar-refractivity contribution is 6.05. The Balaban J connectivity index is 1.40. The Bertz CT molecular complexity index is 1000. The van der Waals surface area contributed by atoms with Crippen LogP contribution in [0, 0.1) is 0 Å². The van der Waals surface area contributed by atoms with Crippen LogP contribution in [0.25, 0.3) is 10.8 Å². The largest absolute Gasteiger partial charge is 0.337 e. The number of pyridine rings is 1. The van der Waals surface area contributed by atoms with Crippen molar-refractivity contribution >= 4 is 16.7 Å². The number of hydrogen-bond donors (Lipinski definition) is 1. The van der Waals surface area contributed by atoms with Gasteiger partial charge in [-0.05, 0) is 35.4 Å². The van der Waals surface area contributed by atoms with Gasteiger partial charge in [0.1, 0.15) is 5.69 Å². The van der Waals surface area contributed by atoms with Gasteiger partial charge in [0, 0.05) is 43.2 Å². The van der Waals surface area contributed by atoms with E-state index in [0.29, 0.717) is 5.69 Å². The highest BCUT2D eigenvalue weighted by Crippen LogP contribution is 2.39. The van der Waals surface area contributed by atoms with Crippen molar-refractivity contribution in [2.24, 2.45) is 0 Å². The molecule has 2 aliphatic heterocycles. The highest BCUT2D eigenvalue weighted by Gasteiger charge is 2.40. The van der Waals surface area contributed by atoms with Gasteiger partial charge >= 0.3 is 0 Å². The number of fused-ring (bicyclic) bond motifs is 3. The van der Waals surface area contributed by atoms with E-state index in [1.807, 2.05) is 35.2 Å². The van der Waals surface area contributed by atoms with Gasteiger partial charge in [-0.25, -0.2) is 0 Å². The van der Waals surface area contributed by atoms with E-state index in [2.05, 4.69) is 34.6 Å². The molecule has 27 heavy (non-hydrogen) atoms. The summed E-state index contributed by atoms with van der Waals surface area (Å²) in [5, 5.41) is 5.59. The van der Waals surface area contributed by atoms with Gasteiger partial charge in [0.25, 0.3) is 5.91 Å². The molecule has 0 bridgehead atoms. The molecule has 4 heteroatoms. The topological polar surface area (TPSA) is 45.2 Å². The Morgan fingerprint density at radius 2 is 1.78 bits per heavy atom. The zero-order valence-electron chi connectivity index (χ0n) is 15.3. The van der Waals surface area contributed by atoms with Crippen molar-refractivity contribution in [2.45, 2.75) is 24.8 Å². The van der Waals surface area contributed by atoms with Crippen molar-refractivity contribution in [2.75, 3.05) is 19.6 Å². The summed E-state index contributed by atoms with van der Waals surface area (Å²) in [7, 11) is 0. The fourth-order valence-electron chi connectivity index (χ4n) is 4.75. The van der Waals surface area contributed by atoms with Crippen molar-refractivity contribution in [3.8, 4) is 0 Å². The van der Waals surface area contributed by atoms with E-state index < -0.39 is 0 Å². The monoisotopic (exact) mass is 357 g/mol. The molecule has 1 spiro atoms. The lowest BCUT2D eigenvalue weighted by Gasteiger charge is -2.45. The first-order valence-electron chi connectivity index (χ1n) is 9.69. The molecular formula is C23H23N3O. The van der Waals surface area contributed by atoms with Crippen molar-refractivity contribution in [3.05, 3.63) is 77.6 Å². The Labute approximate surface area is 159 Å². The smallest absolute Gasteiger partial charge is 0.273 e. The second-order valence-corrected chi connectivity index (χ2v) is 7.71. The van der Waals surface area contributed by atoms with Crippen LogP contribution in [0.4, 0.5) is 0 Å². The number of nitrogens with one attached hydrogen (secondary N) is 1. The summed E-state index contributed by atoms with van der Waals surface area (Å²) in [6.07, 6.45) is 3.73. The minimum atomic E-state index is 0.0544. The fraction of sp³-hybridized carbons (Fsp3) is 0.304. The maximum atomic E-state index is 13.2. The van der Waals surface area contributed by atoms with E-state index in [-0.39, 0.29) is 11.3 Å². The number of amides is 1. The van der Waals surface area contributed by atoms with Crippen LogP contribution in [0.1, 0.15) is 34.5 Å². The third-order valence-electron chi connectivity index (χ3n) is 6.25. The average molecular weight is 357 g/mol. The molecule has 0 saturated carbocycles. The summed E-state index contributed by atoms with van der Waals surface area (Å²) in [4.78, 5) is 19.6. The molecular weight excluding hydrogens is 334 g/mol. The predicted molar refractivity (Wildman–Crippen MR) is 107 cm³/mol. The van der Waals surface area contributed by atoms with Crippen molar-refractivity contribution < 1.29 is 4.79 Å². The third-order valence-corrected chi connectivity index (χ3v) is 6.25. The number of hydrogen-bond acceptors (Lipinski definition) is 3. The number of carbonyl (C=O) groups excluding carboxylic acids is 1. The lowest BCUT2D eigenvalue weighted by Crippen LogP contribution is -2.51. The van der Waals surface area contributed by atoms with Gasteiger partial charge in [-0.15, -0.1) is 0 Å². The molecule has 5 rings (SSSR count). The van der Waals surface area contributed by atoms with Crippen LogP contribution in [0.3, 0.4) is 0 Å². The van der Waals surface area contributed by atoms with E-state index in [0.717, 1.165) is 49.8 Å². The summed E-state index contributed by atoms with van der Waals surface area (Å²) < 4.78 is 0. The predicted octanol–water partition coefficient (Wildman–Crippen LogP) is 3.51. The molecule has 1 aromatic heterocycles. The summed E-state index contributed by atoms with van der Waals surface area (Å²) >= 11 is 0. The van der Waals surface area contributed by atoms with E-state index in [1.54, 1.807) is 6.20 Å². The number of benzene rings is 2. The van der Waals surface area contributed by atoms with Gasteiger partial charge in [-0.1, -0.05) is 48.5 Å². The molecule has 0 atom stereocenters. The van der Waals surface area contributed by atoms with Gasteiger partial charge in [0.2, 0.25) is 0 Å². The fourth-order valence-corrected chi connectivity index (χ4v) is 4.75. The molecule has 0 aliphatic carbocycles. The maximum Gasteiger partial charge on any atom is 0.273 e. The Morgan fingerprint density at radius 1 is 1.00 bits per heavy atom. The van der Waals surface area contributed by atoms with E-state index in [9.17, 15) is 4.79 Å². The standard InChI is InChI=1S/C23H23N3O/c27-22(21-19-7-3-1-5-17(19)9-12-25-21)26-13-10-23(11-14-26)16-24-15-18-6-2-4-8-20(18)23/h1-9,12,24H,10-11,13-16H2. The van der Waals surface area contributed by atoms with Gasteiger partial charge in [0.15, 0.2) is 0 Å². The van der Waals surface area contributed by atoms with Crippen LogP contribution >= 0.6 is 0 Å². The van der Waals surface area contributed by atoms with Gasteiger partial charge in [-0.2, -0.15) is 0 Å². The number of aromatic nitrogens is 1. The minimum absolute atomic E-state index is 0.0544. The molecule has 2 aliphatic rings. The summed E-state index contributed by atoms with van der Waals surface area (Å²) in [6.45, 7) is 3.50. The Hall–Kier alpha value is -2.72. The number of rotatable bonds is 1. The Morgan fingerprint density at radius 3 is 2.67 bits per heavy atom. The molecule has 2 aromatic carbocycles. The van der Waals surface area contributed by atoms with Crippen LogP contribution < -0.4 is 5.32 Å². The first-order chi connectivity index (χ1) is 13.3. The first-order valence-corrected chi connectivity index (χ1v) is 9.69. The van der Waals surface area contributed by atoms with E-state index in [1.165, 1.54) is 11.1 Å². The zero-order valence-corrected chi connectivity index (χ0v) is 15.3. The summed E-state index contributed by atoms with van der Waals surface area (Å²) in [5.41, 5.74) is 3.60. The molecule has 0 radical (unpaired) electrons. The van der Waals surface area contributed by atoms with Crippen LogP contribution in [0.15, 0.2) is 60.8 Å². The molecule has 1 fully saturated rings. The van der Waals surface area contributed by atoms with Gasteiger partial charge in [-0.3, -0.25) is 9.78 Å². The van der Waals surface area contributed by atoms with Crippen LogP contribution in [0.2, 0.25) is 0 Å². The molecule has 1 amide bonds. The lowest BCUT2D eigenvalue weighted by atomic mass is 9.69. The van der Waals surface area contributed by atoms with Crippen LogP contribution in [-0.4, -0.2) is 35.4 Å². The minimum Gasteiger partial charge on any atom is -0.337 e. The average Bonchev–Trinajstić information content (AvgIpc) is 2.74. The van der Waals surface area contributed by atoms with Crippen molar-refractivity contribution in [3.63, 3.8) is 0 Å². The van der Waals surface area contributed by atoms with Crippen molar-refractivity contribution in [1.29, 1.82) is 0 Å². The Kier molecular flexibility index (Phi) is 3.94. The third kappa shape index (κ3) is 2.72. The second kappa shape index (κ2) is 6.46. The van der Waals surface area contributed by atoms with E-state index >= 15 is 0 Å². The van der Waals surface area contributed by atoms with E-state index in [4.69, 9.17) is 0 Å². The molecule has 3 aromatic rings. The van der Waals surface area contributed by atoms with Gasteiger partial charge < -0.3 is 10.2 Å². The number of carbonyl (C=O) groups is 1. The number of likely N-dealkylation sites (tertiary alicyclic amines) is 1. The molecule has 136 valence electrons. The normalized spacial score (nSPS) is 18.4. The molecule has 4 nitrogen and oxygen atoms in total. The summed E-state index contributed by atoms with van der Waals surface area (Å²) in [5.74, 6) is 0.0544. The second-order valence-electron chi connectivity index (χ2n) is 7.71. The molecule has 3 heterocycles. The first kappa shape index (κ1) is 16.5. The van der Waals surface area contributed by atoms with Crippen molar-refractivity contribution in [1.82, 2.24) is 15.2 Å². The molecule has 1 N–H and O–H groups in total. The molecule has 1 saturated heterocycles.